The number of nitrogens with two attached hydrogens (primary N) is 1. The molecule has 1 aromatic carbocycles. The van der Waals surface area contributed by atoms with Gasteiger partial charge in [0, 0.05) is 31.6 Å². The molecule has 3 nitrogen and oxygen atoms in total. The summed E-state index contributed by atoms with van der Waals surface area (Å²) >= 11 is 0. The number of likely N-dealkylation sites (tertiary alicyclic amines) is 1. The molecule has 0 saturated carbocycles. The molecule has 1 aliphatic heterocycles. The van der Waals surface area contributed by atoms with E-state index in [4.69, 9.17) is 5.73 Å². The zero-order valence-corrected chi connectivity index (χ0v) is 11.4. The normalized spacial score (nSPS) is 20.5. The van der Waals surface area contributed by atoms with Crippen molar-refractivity contribution in [2.24, 2.45) is 11.7 Å². The molecule has 0 spiro atoms. The summed E-state index contributed by atoms with van der Waals surface area (Å²) in [6.07, 6.45) is 2.62. The summed E-state index contributed by atoms with van der Waals surface area (Å²) in [5, 5.41) is 0. The first-order valence-electron chi connectivity index (χ1n) is 6.85. The van der Waals surface area contributed by atoms with Gasteiger partial charge in [0.15, 0.2) is 0 Å². The van der Waals surface area contributed by atoms with Crippen molar-refractivity contribution in [1.29, 1.82) is 0 Å². The van der Waals surface area contributed by atoms with Crippen LogP contribution in [-0.4, -0.2) is 17.4 Å². The van der Waals surface area contributed by atoms with E-state index in [9.17, 15) is 9.18 Å². The topological polar surface area (TPSA) is 46.3 Å². The van der Waals surface area contributed by atoms with Gasteiger partial charge in [-0.2, -0.15) is 0 Å². The predicted molar refractivity (Wildman–Crippen MR) is 72.7 cm³/mol. The number of benzene rings is 1. The summed E-state index contributed by atoms with van der Waals surface area (Å²) < 4.78 is 13.4. The Kier molecular flexibility index (Phi) is 4.53. The van der Waals surface area contributed by atoms with E-state index in [0.717, 1.165) is 24.9 Å². The first kappa shape index (κ1) is 14.0. The maximum atomic E-state index is 13.4. The number of halogens is 1. The second-order valence-electron chi connectivity index (χ2n) is 5.38. The van der Waals surface area contributed by atoms with Gasteiger partial charge < -0.3 is 10.6 Å². The molecule has 1 aliphatic rings. The number of carbonyl (C=O) groups is 1. The van der Waals surface area contributed by atoms with E-state index < -0.39 is 0 Å². The van der Waals surface area contributed by atoms with E-state index in [0.29, 0.717) is 24.4 Å². The first-order valence-corrected chi connectivity index (χ1v) is 6.85. The molecule has 2 rings (SSSR count). The molecule has 1 heterocycles. The molecule has 0 bridgehead atoms. The van der Waals surface area contributed by atoms with Crippen LogP contribution in [0.25, 0.3) is 0 Å². The highest BCUT2D eigenvalue weighted by molar-refractivity contribution is 5.76. The molecule has 0 radical (unpaired) electrons. The lowest BCUT2D eigenvalue weighted by Gasteiger charge is -2.21. The van der Waals surface area contributed by atoms with Crippen molar-refractivity contribution in [3.05, 3.63) is 35.1 Å². The zero-order valence-electron chi connectivity index (χ0n) is 11.4. The summed E-state index contributed by atoms with van der Waals surface area (Å²) in [4.78, 5) is 13.9. The van der Waals surface area contributed by atoms with E-state index >= 15 is 0 Å². The monoisotopic (exact) mass is 264 g/mol. The minimum Gasteiger partial charge on any atom is -0.338 e. The molecular weight excluding hydrogens is 243 g/mol. The smallest absolute Gasteiger partial charge is 0.222 e. The number of rotatable bonds is 3. The van der Waals surface area contributed by atoms with Gasteiger partial charge >= 0.3 is 0 Å². The van der Waals surface area contributed by atoms with Crippen LogP contribution in [-0.2, 0) is 17.9 Å². The SMILES string of the molecule is CC1CCC(=O)N(Cc2ccc(F)c(CN)c2)CC1. The van der Waals surface area contributed by atoms with E-state index in [1.165, 1.54) is 6.07 Å². The summed E-state index contributed by atoms with van der Waals surface area (Å²) in [6, 6.07) is 4.93. The minimum atomic E-state index is -0.276. The molecule has 0 aliphatic carbocycles. The standard InChI is InChI=1S/C15H21FN2O/c1-11-2-5-15(19)18(7-6-11)10-12-3-4-14(16)13(8-12)9-17/h3-4,8,11H,2,5-7,9-10,17H2,1H3. The van der Waals surface area contributed by atoms with Crippen LogP contribution in [0.5, 0.6) is 0 Å². The summed E-state index contributed by atoms with van der Waals surface area (Å²) in [5.41, 5.74) is 6.96. The summed E-state index contributed by atoms with van der Waals surface area (Å²) in [6.45, 7) is 3.71. The highest BCUT2D eigenvalue weighted by atomic mass is 19.1. The third-order valence-corrected chi connectivity index (χ3v) is 3.80. The van der Waals surface area contributed by atoms with Gasteiger partial charge in [0.25, 0.3) is 0 Å². The Morgan fingerprint density at radius 3 is 2.95 bits per heavy atom. The van der Waals surface area contributed by atoms with Gasteiger partial charge in [-0.15, -0.1) is 0 Å². The van der Waals surface area contributed by atoms with Crippen molar-refractivity contribution < 1.29 is 9.18 Å². The highest BCUT2D eigenvalue weighted by Crippen LogP contribution is 2.20. The molecule has 4 heteroatoms. The van der Waals surface area contributed by atoms with Crippen molar-refractivity contribution >= 4 is 5.91 Å². The van der Waals surface area contributed by atoms with Crippen molar-refractivity contribution in [3.8, 4) is 0 Å². The van der Waals surface area contributed by atoms with Crippen LogP contribution in [0.2, 0.25) is 0 Å². The molecule has 1 amide bonds. The van der Waals surface area contributed by atoms with Crippen LogP contribution in [0.1, 0.15) is 37.3 Å². The van der Waals surface area contributed by atoms with Gasteiger partial charge in [-0.1, -0.05) is 13.0 Å². The van der Waals surface area contributed by atoms with Gasteiger partial charge in [0.1, 0.15) is 5.82 Å². The lowest BCUT2D eigenvalue weighted by atomic mass is 10.0. The fourth-order valence-corrected chi connectivity index (χ4v) is 2.44. The van der Waals surface area contributed by atoms with Gasteiger partial charge in [-0.05, 0) is 36.5 Å². The van der Waals surface area contributed by atoms with Crippen molar-refractivity contribution in [2.75, 3.05) is 6.54 Å². The number of carbonyl (C=O) groups excluding carboxylic acids is 1. The fraction of sp³-hybridized carbons (Fsp3) is 0.533. The van der Waals surface area contributed by atoms with Crippen molar-refractivity contribution in [2.45, 2.75) is 39.3 Å². The Morgan fingerprint density at radius 1 is 1.42 bits per heavy atom. The summed E-state index contributed by atoms with van der Waals surface area (Å²) in [5.74, 6) is 0.520. The Morgan fingerprint density at radius 2 is 2.21 bits per heavy atom. The maximum absolute atomic E-state index is 13.4. The Hall–Kier alpha value is -1.42. The minimum absolute atomic E-state index is 0.185. The molecular formula is C15H21FN2O. The number of hydrogen-bond acceptors (Lipinski definition) is 2. The Labute approximate surface area is 113 Å². The Balaban J connectivity index is 2.09. The van der Waals surface area contributed by atoms with E-state index in [1.54, 1.807) is 12.1 Å². The van der Waals surface area contributed by atoms with Gasteiger partial charge in [0.05, 0.1) is 0 Å². The van der Waals surface area contributed by atoms with Crippen LogP contribution in [0.15, 0.2) is 18.2 Å². The molecule has 1 saturated heterocycles. The largest absolute Gasteiger partial charge is 0.338 e. The molecule has 1 aromatic rings. The maximum Gasteiger partial charge on any atom is 0.222 e. The third kappa shape index (κ3) is 3.53. The lowest BCUT2D eigenvalue weighted by molar-refractivity contribution is -0.131. The lowest BCUT2D eigenvalue weighted by Crippen LogP contribution is -2.29. The number of amides is 1. The molecule has 0 aromatic heterocycles. The third-order valence-electron chi connectivity index (χ3n) is 3.80. The van der Waals surface area contributed by atoms with Gasteiger partial charge in [-0.25, -0.2) is 4.39 Å². The fourth-order valence-electron chi connectivity index (χ4n) is 2.44. The quantitative estimate of drug-likeness (QED) is 0.911. The molecule has 104 valence electrons. The average molecular weight is 264 g/mol. The van der Waals surface area contributed by atoms with Gasteiger partial charge in [0.2, 0.25) is 5.91 Å². The van der Waals surface area contributed by atoms with Crippen LogP contribution >= 0.6 is 0 Å². The molecule has 1 fully saturated rings. The molecule has 19 heavy (non-hydrogen) atoms. The zero-order chi connectivity index (χ0) is 13.8. The highest BCUT2D eigenvalue weighted by Gasteiger charge is 2.20. The van der Waals surface area contributed by atoms with Crippen molar-refractivity contribution in [1.82, 2.24) is 4.90 Å². The van der Waals surface area contributed by atoms with Gasteiger partial charge in [-0.3, -0.25) is 4.79 Å². The Bertz CT molecular complexity index is 461. The van der Waals surface area contributed by atoms with Crippen LogP contribution in [0.3, 0.4) is 0 Å². The predicted octanol–water partition coefficient (Wildman–Crippen LogP) is 2.43. The van der Waals surface area contributed by atoms with Crippen LogP contribution in [0.4, 0.5) is 4.39 Å². The molecule has 2 N–H and O–H groups in total. The van der Waals surface area contributed by atoms with Crippen molar-refractivity contribution in [3.63, 3.8) is 0 Å². The first-order chi connectivity index (χ1) is 9.10. The second kappa shape index (κ2) is 6.15. The molecule has 1 atom stereocenters. The van der Waals surface area contributed by atoms with Crippen LogP contribution < -0.4 is 5.73 Å². The summed E-state index contributed by atoms with van der Waals surface area (Å²) in [7, 11) is 0. The van der Waals surface area contributed by atoms with Crippen LogP contribution in [0, 0.1) is 11.7 Å². The number of nitrogens with zero attached hydrogens (tertiary/aromatic N) is 1. The number of hydrogen-bond donors (Lipinski definition) is 1. The van der Waals surface area contributed by atoms with E-state index in [-0.39, 0.29) is 18.3 Å². The van der Waals surface area contributed by atoms with E-state index in [1.807, 2.05) is 4.90 Å². The average Bonchev–Trinajstić information content (AvgIpc) is 2.56. The molecule has 1 unspecified atom stereocenters. The van der Waals surface area contributed by atoms with E-state index in [2.05, 4.69) is 6.92 Å². The second-order valence-corrected chi connectivity index (χ2v) is 5.38.